The Kier molecular flexibility index (Phi) is 5.60. The largest absolute Gasteiger partial charge is 0.370 e. The van der Waals surface area contributed by atoms with Crippen LogP contribution in [0.15, 0.2) is 16.7 Å². The fourth-order valence-electron chi connectivity index (χ4n) is 1.62. The summed E-state index contributed by atoms with van der Waals surface area (Å²) in [6.45, 7) is 5.82. The Morgan fingerprint density at radius 2 is 2.00 bits per heavy atom. The molecule has 0 spiro atoms. The Morgan fingerprint density at radius 1 is 1.25 bits per heavy atom. The van der Waals surface area contributed by atoms with E-state index >= 15 is 0 Å². The smallest absolute Gasteiger partial charge is 0.191 e. The van der Waals surface area contributed by atoms with E-state index in [1.54, 1.807) is 23.1 Å². The maximum absolute atomic E-state index is 4.47. The number of anilines is 2. The summed E-state index contributed by atoms with van der Waals surface area (Å²) in [6.07, 6.45) is 3.05. The van der Waals surface area contributed by atoms with E-state index in [-0.39, 0.29) is 0 Å². The number of thioether (sulfide) groups is 1. The zero-order chi connectivity index (χ0) is 14.4. The van der Waals surface area contributed by atoms with Crippen LogP contribution in [0.25, 0.3) is 0 Å². The highest BCUT2D eigenvalue weighted by Gasteiger charge is 2.05. The van der Waals surface area contributed by atoms with Crippen LogP contribution in [0.3, 0.4) is 0 Å². The van der Waals surface area contributed by atoms with Gasteiger partial charge in [0.05, 0.1) is 17.7 Å². The van der Waals surface area contributed by atoms with Crippen molar-refractivity contribution in [3.8, 4) is 0 Å². The standard InChI is InChI=1S/C13H19N5S2/c1-4-5-14-11-6-12(18-13(17-11)19-3)15-7-10-9(2)16-8-20-10/h6,8H,4-5,7H2,1-3H3,(H2,14,15,17,18). The maximum Gasteiger partial charge on any atom is 0.191 e. The first kappa shape index (κ1) is 15.1. The molecule has 0 amide bonds. The number of hydrogen-bond acceptors (Lipinski definition) is 7. The molecular formula is C13H19N5S2. The van der Waals surface area contributed by atoms with Gasteiger partial charge >= 0.3 is 0 Å². The molecule has 2 aromatic rings. The molecule has 0 unspecified atom stereocenters. The molecule has 0 radical (unpaired) electrons. The van der Waals surface area contributed by atoms with Crippen LogP contribution in [0, 0.1) is 6.92 Å². The second-order valence-corrected chi connectivity index (χ2v) is 5.98. The van der Waals surface area contributed by atoms with Crippen molar-refractivity contribution in [3.05, 3.63) is 22.1 Å². The van der Waals surface area contributed by atoms with Gasteiger partial charge in [-0.3, -0.25) is 0 Å². The number of nitrogens with one attached hydrogen (secondary N) is 2. The summed E-state index contributed by atoms with van der Waals surface area (Å²) >= 11 is 3.20. The van der Waals surface area contributed by atoms with E-state index in [1.807, 2.05) is 24.8 Å². The van der Waals surface area contributed by atoms with Gasteiger partial charge < -0.3 is 10.6 Å². The first-order valence-electron chi connectivity index (χ1n) is 6.52. The molecule has 0 fully saturated rings. The molecule has 0 atom stereocenters. The number of rotatable bonds is 7. The summed E-state index contributed by atoms with van der Waals surface area (Å²) in [5.74, 6) is 1.71. The number of aryl methyl sites for hydroxylation is 1. The molecule has 108 valence electrons. The predicted molar refractivity (Wildman–Crippen MR) is 86.8 cm³/mol. The lowest BCUT2D eigenvalue weighted by atomic mass is 10.4. The average molecular weight is 309 g/mol. The van der Waals surface area contributed by atoms with Crippen molar-refractivity contribution < 1.29 is 0 Å². The van der Waals surface area contributed by atoms with E-state index in [2.05, 4.69) is 32.5 Å². The SMILES string of the molecule is CCCNc1cc(NCc2scnc2C)nc(SC)n1. The monoisotopic (exact) mass is 309 g/mol. The highest BCUT2D eigenvalue weighted by molar-refractivity contribution is 7.98. The van der Waals surface area contributed by atoms with E-state index in [0.29, 0.717) is 0 Å². The third-order valence-corrected chi connectivity index (χ3v) is 4.20. The van der Waals surface area contributed by atoms with Crippen LogP contribution in [0.5, 0.6) is 0 Å². The minimum atomic E-state index is 0.745. The zero-order valence-corrected chi connectivity index (χ0v) is 13.6. The van der Waals surface area contributed by atoms with Crippen LogP contribution in [0.2, 0.25) is 0 Å². The second-order valence-electron chi connectivity index (χ2n) is 4.27. The lowest BCUT2D eigenvalue weighted by molar-refractivity contribution is 0.922. The lowest BCUT2D eigenvalue weighted by Crippen LogP contribution is -2.07. The Balaban J connectivity index is 2.07. The molecule has 0 aliphatic heterocycles. The fourth-order valence-corrected chi connectivity index (χ4v) is 2.71. The molecule has 2 heterocycles. The number of nitrogens with zero attached hydrogens (tertiary/aromatic N) is 3. The minimum Gasteiger partial charge on any atom is -0.370 e. The maximum atomic E-state index is 4.47. The molecule has 2 N–H and O–H groups in total. The second kappa shape index (κ2) is 7.44. The van der Waals surface area contributed by atoms with Gasteiger partial charge in [-0.1, -0.05) is 18.7 Å². The van der Waals surface area contributed by atoms with Crippen LogP contribution >= 0.6 is 23.1 Å². The average Bonchev–Trinajstić information content (AvgIpc) is 2.88. The van der Waals surface area contributed by atoms with Crippen LogP contribution in [0.1, 0.15) is 23.9 Å². The van der Waals surface area contributed by atoms with Crippen molar-refractivity contribution in [1.29, 1.82) is 0 Å². The zero-order valence-electron chi connectivity index (χ0n) is 11.9. The van der Waals surface area contributed by atoms with Crippen molar-refractivity contribution in [3.63, 3.8) is 0 Å². The van der Waals surface area contributed by atoms with Gasteiger partial charge in [-0.15, -0.1) is 11.3 Å². The Morgan fingerprint density at radius 3 is 2.60 bits per heavy atom. The first-order chi connectivity index (χ1) is 9.72. The van der Waals surface area contributed by atoms with Crippen LogP contribution in [-0.4, -0.2) is 27.8 Å². The van der Waals surface area contributed by atoms with Crippen molar-refractivity contribution in [2.24, 2.45) is 0 Å². The molecule has 0 saturated carbocycles. The van der Waals surface area contributed by atoms with E-state index < -0.39 is 0 Å². The number of aromatic nitrogens is 3. The van der Waals surface area contributed by atoms with Crippen LogP contribution < -0.4 is 10.6 Å². The van der Waals surface area contributed by atoms with Crippen LogP contribution in [0.4, 0.5) is 11.6 Å². The van der Waals surface area contributed by atoms with Gasteiger partial charge in [-0.05, 0) is 19.6 Å². The van der Waals surface area contributed by atoms with Gasteiger partial charge in [0.2, 0.25) is 0 Å². The first-order valence-corrected chi connectivity index (χ1v) is 8.63. The van der Waals surface area contributed by atoms with Crippen molar-refractivity contribution in [1.82, 2.24) is 15.0 Å². The molecule has 2 rings (SSSR count). The highest BCUT2D eigenvalue weighted by atomic mass is 32.2. The van der Waals surface area contributed by atoms with E-state index in [9.17, 15) is 0 Å². The summed E-state index contributed by atoms with van der Waals surface area (Å²) in [6, 6.07) is 1.95. The molecule has 0 aliphatic rings. The number of hydrogen-bond donors (Lipinski definition) is 2. The molecule has 0 aliphatic carbocycles. The summed E-state index contributed by atoms with van der Waals surface area (Å²) < 4.78 is 0. The van der Waals surface area contributed by atoms with Gasteiger partial charge in [0, 0.05) is 17.5 Å². The van der Waals surface area contributed by atoms with Gasteiger partial charge in [0.1, 0.15) is 11.6 Å². The molecule has 2 aromatic heterocycles. The third kappa shape index (κ3) is 4.08. The van der Waals surface area contributed by atoms with Gasteiger partial charge in [-0.2, -0.15) is 0 Å². The predicted octanol–water partition coefficient (Wildman–Crippen LogP) is 3.40. The summed E-state index contributed by atoms with van der Waals surface area (Å²) in [4.78, 5) is 14.4. The topological polar surface area (TPSA) is 62.7 Å². The highest BCUT2D eigenvalue weighted by Crippen LogP contribution is 2.19. The van der Waals surface area contributed by atoms with E-state index in [0.717, 1.165) is 42.0 Å². The molecule has 0 saturated heterocycles. The summed E-state index contributed by atoms with van der Waals surface area (Å²) in [5, 5.41) is 7.42. The minimum absolute atomic E-state index is 0.745. The molecule has 20 heavy (non-hydrogen) atoms. The van der Waals surface area contributed by atoms with E-state index in [4.69, 9.17) is 0 Å². The summed E-state index contributed by atoms with van der Waals surface area (Å²) in [5.41, 5.74) is 2.94. The van der Waals surface area contributed by atoms with Gasteiger partial charge in [0.25, 0.3) is 0 Å². The molecule has 7 heteroatoms. The van der Waals surface area contributed by atoms with Crippen molar-refractivity contribution in [2.45, 2.75) is 32.0 Å². The van der Waals surface area contributed by atoms with E-state index in [1.165, 1.54) is 4.88 Å². The Hall–Kier alpha value is -1.34. The van der Waals surface area contributed by atoms with Crippen LogP contribution in [-0.2, 0) is 6.54 Å². The lowest BCUT2D eigenvalue weighted by Gasteiger charge is -2.09. The fraction of sp³-hybridized carbons (Fsp3) is 0.462. The van der Waals surface area contributed by atoms with Crippen molar-refractivity contribution >= 4 is 34.7 Å². The molecule has 0 aromatic carbocycles. The molecular weight excluding hydrogens is 290 g/mol. The van der Waals surface area contributed by atoms with Gasteiger partial charge in [0.15, 0.2) is 5.16 Å². The third-order valence-electron chi connectivity index (χ3n) is 2.72. The Bertz CT molecular complexity index is 555. The Labute approximate surface area is 127 Å². The molecule has 5 nitrogen and oxygen atoms in total. The van der Waals surface area contributed by atoms with Crippen molar-refractivity contribution in [2.75, 3.05) is 23.4 Å². The molecule has 0 bridgehead atoms. The van der Waals surface area contributed by atoms with Gasteiger partial charge in [-0.25, -0.2) is 15.0 Å². The number of thiazole rings is 1. The quantitative estimate of drug-likeness (QED) is 0.604. The normalized spacial score (nSPS) is 10.6. The summed E-state index contributed by atoms with van der Waals surface area (Å²) in [7, 11) is 0.